The van der Waals surface area contributed by atoms with Crippen molar-refractivity contribution in [2.45, 2.75) is 12.8 Å². The standard InChI is InChI=1S/C21H17BrO/c22-20-13-6-16(7-14-20)8-15-21(23)19-11-9-18(10-12-19)17-4-2-1-3-5-17/h1-7,9-14H,8,15H2. The van der Waals surface area contributed by atoms with Crippen LogP contribution in [-0.2, 0) is 6.42 Å². The summed E-state index contributed by atoms with van der Waals surface area (Å²) in [6, 6.07) is 26.2. The Labute approximate surface area is 145 Å². The molecule has 114 valence electrons. The quantitative estimate of drug-likeness (QED) is 0.512. The molecule has 0 saturated carbocycles. The zero-order chi connectivity index (χ0) is 16.1. The molecule has 0 unspecified atom stereocenters. The molecule has 3 aromatic rings. The SMILES string of the molecule is O=C(CCc1ccc(Br)cc1)c1ccc(-c2ccccc2)cc1. The first-order valence-electron chi connectivity index (χ1n) is 7.65. The fourth-order valence-electron chi connectivity index (χ4n) is 2.53. The van der Waals surface area contributed by atoms with E-state index < -0.39 is 0 Å². The van der Waals surface area contributed by atoms with Crippen molar-refractivity contribution < 1.29 is 4.79 Å². The molecule has 0 radical (unpaired) electrons. The fourth-order valence-corrected chi connectivity index (χ4v) is 2.80. The maximum absolute atomic E-state index is 12.3. The van der Waals surface area contributed by atoms with Crippen molar-refractivity contribution in [3.63, 3.8) is 0 Å². The maximum atomic E-state index is 12.3. The van der Waals surface area contributed by atoms with Gasteiger partial charge < -0.3 is 0 Å². The predicted octanol–water partition coefficient (Wildman–Crippen LogP) is 5.93. The van der Waals surface area contributed by atoms with Crippen LogP contribution in [0.2, 0.25) is 0 Å². The zero-order valence-corrected chi connectivity index (χ0v) is 14.3. The highest BCUT2D eigenvalue weighted by atomic mass is 79.9. The first-order valence-corrected chi connectivity index (χ1v) is 8.45. The van der Waals surface area contributed by atoms with Gasteiger partial charge in [0.15, 0.2) is 5.78 Å². The Morgan fingerprint density at radius 1 is 0.739 bits per heavy atom. The number of halogens is 1. The van der Waals surface area contributed by atoms with Crippen molar-refractivity contribution in [1.29, 1.82) is 0 Å². The van der Waals surface area contributed by atoms with E-state index in [1.807, 2.05) is 54.6 Å². The molecule has 23 heavy (non-hydrogen) atoms. The zero-order valence-electron chi connectivity index (χ0n) is 12.7. The lowest BCUT2D eigenvalue weighted by molar-refractivity contribution is 0.0983. The minimum Gasteiger partial charge on any atom is -0.294 e. The number of hydrogen-bond acceptors (Lipinski definition) is 1. The van der Waals surface area contributed by atoms with Crippen molar-refractivity contribution in [3.8, 4) is 11.1 Å². The van der Waals surface area contributed by atoms with Crippen LogP contribution in [0.5, 0.6) is 0 Å². The molecule has 1 nitrogen and oxygen atoms in total. The number of rotatable bonds is 5. The highest BCUT2D eigenvalue weighted by molar-refractivity contribution is 9.10. The molecular weight excluding hydrogens is 348 g/mol. The van der Waals surface area contributed by atoms with Crippen LogP contribution in [0.3, 0.4) is 0 Å². The number of ketones is 1. The summed E-state index contributed by atoms with van der Waals surface area (Å²) in [7, 11) is 0. The molecule has 3 aromatic carbocycles. The van der Waals surface area contributed by atoms with Crippen molar-refractivity contribution >= 4 is 21.7 Å². The van der Waals surface area contributed by atoms with Gasteiger partial charge in [-0.2, -0.15) is 0 Å². The van der Waals surface area contributed by atoms with Crippen LogP contribution in [0, 0.1) is 0 Å². The molecule has 2 heteroatoms. The number of benzene rings is 3. The van der Waals surface area contributed by atoms with Crippen molar-refractivity contribution in [2.24, 2.45) is 0 Å². The van der Waals surface area contributed by atoms with E-state index >= 15 is 0 Å². The van der Waals surface area contributed by atoms with E-state index in [1.54, 1.807) is 0 Å². The number of carbonyl (C=O) groups excluding carboxylic acids is 1. The Kier molecular flexibility index (Phi) is 5.04. The molecule has 0 aromatic heterocycles. The molecule has 0 aliphatic rings. The smallest absolute Gasteiger partial charge is 0.163 e. The molecule has 0 bridgehead atoms. The van der Waals surface area contributed by atoms with Gasteiger partial charge >= 0.3 is 0 Å². The maximum Gasteiger partial charge on any atom is 0.163 e. The monoisotopic (exact) mass is 364 g/mol. The lowest BCUT2D eigenvalue weighted by atomic mass is 9.99. The lowest BCUT2D eigenvalue weighted by Gasteiger charge is -2.05. The van der Waals surface area contributed by atoms with Crippen molar-refractivity contribution in [2.75, 3.05) is 0 Å². The Morgan fingerprint density at radius 2 is 1.35 bits per heavy atom. The van der Waals surface area contributed by atoms with Gasteiger partial charge in [-0.1, -0.05) is 82.7 Å². The van der Waals surface area contributed by atoms with Crippen LogP contribution in [0.4, 0.5) is 0 Å². The summed E-state index contributed by atoms with van der Waals surface area (Å²) in [5.41, 5.74) is 4.26. The van der Waals surface area contributed by atoms with Crippen molar-refractivity contribution in [1.82, 2.24) is 0 Å². The molecule has 0 atom stereocenters. The third-order valence-corrected chi connectivity index (χ3v) is 4.40. The first-order chi connectivity index (χ1) is 11.2. The summed E-state index contributed by atoms with van der Waals surface area (Å²) >= 11 is 3.42. The lowest BCUT2D eigenvalue weighted by Crippen LogP contribution is -2.01. The summed E-state index contributed by atoms with van der Waals surface area (Å²) in [4.78, 5) is 12.3. The van der Waals surface area contributed by atoms with Crippen LogP contribution in [0.15, 0.2) is 83.3 Å². The molecule has 0 amide bonds. The van der Waals surface area contributed by atoms with Gasteiger partial charge in [0.25, 0.3) is 0 Å². The normalized spacial score (nSPS) is 10.5. The molecule has 0 N–H and O–H groups in total. The van der Waals surface area contributed by atoms with E-state index in [0.29, 0.717) is 6.42 Å². The topological polar surface area (TPSA) is 17.1 Å². The average molecular weight is 365 g/mol. The molecule has 3 rings (SSSR count). The minimum absolute atomic E-state index is 0.188. The van der Waals surface area contributed by atoms with E-state index in [1.165, 1.54) is 11.1 Å². The third kappa shape index (κ3) is 4.17. The van der Waals surface area contributed by atoms with E-state index in [0.717, 1.165) is 22.0 Å². The minimum atomic E-state index is 0.188. The number of hydrogen-bond donors (Lipinski definition) is 0. The van der Waals surface area contributed by atoms with E-state index in [-0.39, 0.29) is 5.78 Å². The second kappa shape index (κ2) is 7.38. The van der Waals surface area contributed by atoms with Gasteiger partial charge in [-0.15, -0.1) is 0 Å². The summed E-state index contributed by atoms with van der Waals surface area (Å²) in [6.45, 7) is 0. The Bertz CT molecular complexity index is 774. The van der Waals surface area contributed by atoms with Gasteiger partial charge in [0.1, 0.15) is 0 Å². The van der Waals surface area contributed by atoms with Gasteiger partial charge in [0.05, 0.1) is 0 Å². The van der Waals surface area contributed by atoms with Gasteiger partial charge in [-0.3, -0.25) is 4.79 Å². The van der Waals surface area contributed by atoms with Crippen LogP contribution >= 0.6 is 15.9 Å². The van der Waals surface area contributed by atoms with Crippen LogP contribution in [0.25, 0.3) is 11.1 Å². The third-order valence-electron chi connectivity index (χ3n) is 3.87. The predicted molar refractivity (Wildman–Crippen MR) is 98.7 cm³/mol. The summed E-state index contributed by atoms with van der Waals surface area (Å²) in [5.74, 6) is 0.188. The Hall–Kier alpha value is -2.19. The van der Waals surface area contributed by atoms with E-state index in [9.17, 15) is 4.79 Å². The van der Waals surface area contributed by atoms with Crippen LogP contribution < -0.4 is 0 Å². The summed E-state index contributed by atoms with van der Waals surface area (Å²) in [5, 5.41) is 0. The molecule has 0 aliphatic heterocycles. The van der Waals surface area contributed by atoms with Gasteiger partial charge in [-0.25, -0.2) is 0 Å². The molecule has 0 fully saturated rings. The van der Waals surface area contributed by atoms with E-state index in [2.05, 4.69) is 40.2 Å². The van der Waals surface area contributed by atoms with Crippen LogP contribution in [-0.4, -0.2) is 5.78 Å². The van der Waals surface area contributed by atoms with Gasteiger partial charge in [-0.05, 0) is 35.2 Å². The average Bonchev–Trinajstić information content (AvgIpc) is 2.62. The molecular formula is C21H17BrO. The molecule has 0 heterocycles. The second-order valence-electron chi connectivity index (χ2n) is 5.49. The first kappa shape index (κ1) is 15.7. The highest BCUT2D eigenvalue weighted by Crippen LogP contribution is 2.20. The van der Waals surface area contributed by atoms with Gasteiger partial charge in [0, 0.05) is 16.5 Å². The Morgan fingerprint density at radius 3 is 2.00 bits per heavy atom. The number of Topliss-reactive ketones (excluding diaryl/α,β-unsaturated/α-hetero) is 1. The fraction of sp³-hybridized carbons (Fsp3) is 0.0952. The Balaban J connectivity index is 1.65. The largest absolute Gasteiger partial charge is 0.294 e. The highest BCUT2D eigenvalue weighted by Gasteiger charge is 2.07. The molecule has 0 spiro atoms. The van der Waals surface area contributed by atoms with Crippen molar-refractivity contribution in [3.05, 3.63) is 94.5 Å². The van der Waals surface area contributed by atoms with Gasteiger partial charge in [0.2, 0.25) is 0 Å². The molecule has 0 aliphatic carbocycles. The number of aryl methyl sites for hydroxylation is 1. The second-order valence-corrected chi connectivity index (χ2v) is 6.41. The number of carbonyl (C=O) groups is 1. The summed E-state index contributed by atoms with van der Waals surface area (Å²) < 4.78 is 1.06. The van der Waals surface area contributed by atoms with E-state index in [4.69, 9.17) is 0 Å². The summed E-state index contributed by atoms with van der Waals surface area (Å²) in [6.07, 6.45) is 1.30. The molecule has 0 saturated heterocycles. The van der Waals surface area contributed by atoms with Crippen LogP contribution in [0.1, 0.15) is 22.3 Å².